The first-order chi connectivity index (χ1) is 14.7. The third kappa shape index (κ3) is 4.99. The van der Waals surface area contributed by atoms with E-state index in [0.717, 1.165) is 6.54 Å². The van der Waals surface area contributed by atoms with Crippen molar-refractivity contribution in [3.63, 3.8) is 0 Å². The first kappa shape index (κ1) is 22.6. The van der Waals surface area contributed by atoms with Crippen LogP contribution in [0, 0.1) is 6.92 Å². The number of hydrogen-bond acceptors (Lipinski definition) is 6. The number of amides is 1. The predicted octanol–water partition coefficient (Wildman–Crippen LogP) is 3.75. The van der Waals surface area contributed by atoms with Gasteiger partial charge in [-0.1, -0.05) is 0 Å². The van der Waals surface area contributed by atoms with Crippen LogP contribution in [0.4, 0.5) is 0 Å². The maximum Gasteiger partial charge on any atom is 0.295 e. The van der Waals surface area contributed by atoms with E-state index in [2.05, 4.69) is 0 Å². The summed E-state index contributed by atoms with van der Waals surface area (Å²) in [6.07, 6.45) is 0.714. The van der Waals surface area contributed by atoms with Gasteiger partial charge in [-0.3, -0.25) is 9.59 Å². The maximum atomic E-state index is 12.9. The second-order valence-corrected chi connectivity index (χ2v) is 8.29. The standard InChI is InChI=1S/C24H30N2O5/c1-15(2)30-18-10-8-17(9-11-18)22(27)20-21(19-12-7-16(3)31-19)26(24(29)23(20)28)14-6-13-25(4)5/h7-12,15,21,27H,6,13-14H2,1-5H3/b22-20+/t21-/m0/s1. The van der Waals surface area contributed by atoms with E-state index in [9.17, 15) is 14.7 Å². The van der Waals surface area contributed by atoms with Crippen molar-refractivity contribution in [3.05, 3.63) is 59.1 Å². The molecule has 0 bridgehead atoms. The summed E-state index contributed by atoms with van der Waals surface area (Å²) in [5.74, 6) is 0.243. The lowest BCUT2D eigenvalue weighted by molar-refractivity contribution is -0.140. The van der Waals surface area contributed by atoms with Gasteiger partial charge in [-0.2, -0.15) is 0 Å². The van der Waals surface area contributed by atoms with Crippen molar-refractivity contribution in [1.82, 2.24) is 9.80 Å². The fraction of sp³-hybridized carbons (Fsp3) is 0.417. The smallest absolute Gasteiger partial charge is 0.295 e. The van der Waals surface area contributed by atoms with Crippen molar-refractivity contribution in [2.75, 3.05) is 27.2 Å². The Labute approximate surface area is 182 Å². The molecule has 2 aromatic rings. The molecule has 1 atom stereocenters. The van der Waals surface area contributed by atoms with Gasteiger partial charge in [0.05, 0.1) is 11.7 Å². The van der Waals surface area contributed by atoms with E-state index in [4.69, 9.17) is 9.15 Å². The summed E-state index contributed by atoms with van der Waals surface area (Å²) in [6.45, 7) is 6.80. The minimum atomic E-state index is -0.762. The Morgan fingerprint density at radius 3 is 2.39 bits per heavy atom. The Balaban J connectivity index is 2.00. The molecule has 0 radical (unpaired) electrons. The van der Waals surface area contributed by atoms with Gasteiger partial charge in [-0.05, 0) is 84.2 Å². The Morgan fingerprint density at radius 2 is 1.84 bits per heavy atom. The number of aliphatic hydroxyl groups excluding tert-OH is 1. The van der Waals surface area contributed by atoms with Gasteiger partial charge in [0.15, 0.2) is 0 Å². The molecule has 0 aliphatic carbocycles. The van der Waals surface area contributed by atoms with Gasteiger partial charge >= 0.3 is 0 Å². The molecule has 166 valence electrons. The lowest BCUT2D eigenvalue weighted by Crippen LogP contribution is -2.32. The number of aliphatic hydroxyl groups is 1. The van der Waals surface area contributed by atoms with Crippen LogP contribution in [0.3, 0.4) is 0 Å². The maximum absolute atomic E-state index is 12.9. The van der Waals surface area contributed by atoms with Crippen LogP contribution in [-0.2, 0) is 9.59 Å². The number of ketones is 1. The van der Waals surface area contributed by atoms with Crippen LogP contribution in [0.15, 0.2) is 46.4 Å². The zero-order valence-electron chi connectivity index (χ0n) is 18.7. The molecular weight excluding hydrogens is 396 g/mol. The van der Waals surface area contributed by atoms with Gasteiger partial charge in [0.25, 0.3) is 11.7 Å². The number of carbonyl (C=O) groups excluding carboxylic acids is 2. The van der Waals surface area contributed by atoms with Crippen molar-refractivity contribution in [3.8, 4) is 5.75 Å². The Morgan fingerprint density at radius 1 is 1.16 bits per heavy atom. The van der Waals surface area contributed by atoms with Crippen LogP contribution < -0.4 is 4.74 Å². The molecule has 0 unspecified atom stereocenters. The zero-order valence-corrected chi connectivity index (χ0v) is 18.7. The number of hydrogen-bond donors (Lipinski definition) is 1. The third-order valence-electron chi connectivity index (χ3n) is 5.07. The lowest BCUT2D eigenvalue weighted by atomic mass is 9.99. The van der Waals surface area contributed by atoms with Gasteiger partial charge < -0.3 is 24.1 Å². The fourth-order valence-electron chi connectivity index (χ4n) is 3.68. The average Bonchev–Trinajstić information content (AvgIpc) is 3.23. The molecule has 0 saturated carbocycles. The number of ether oxygens (including phenoxy) is 1. The Hall–Kier alpha value is -3.06. The SMILES string of the molecule is Cc1ccc([C@H]2/C(=C(\O)c3ccc(OC(C)C)cc3)C(=O)C(=O)N2CCCN(C)C)o1. The number of furan rings is 1. The summed E-state index contributed by atoms with van der Waals surface area (Å²) in [5.41, 5.74) is 0.484. The van der Waals surface area contributed by atoms with E-state index < -0.39 is 17.7 Å². The molecule has 7 heteroatoms. The van der Waals surface area contributed by atoms with E-state index in [-0.39, 0.29) is 17.4 Å². The van der Waals surface area contributed by atoms with Crippen LogP contribution in [0.5, 0.6) is 5.75 Å². The molecule has 7 nitrogen and oxygen atoms in total. The third-order valence-corrected chi connectivity index (χ3v) is 5.07. The van der Waals surface area contributed by atoms with Crippen molar-refractivity contribution in [2.24, 2.45) is 0 Å². The number of likely N-dealkylation sites (tertiary alicyclic amines) is 1. The molecule has 1 amide bonds. The Kier molecular flexibility index (Phi) is 6.85. The number of carbonyl (C=O) groups is 2. The summed E-state index contributed by atoms with van der Waals surface area (Å²) in [7, 11) is 3.91. The lowest BCUT2D eigenvalue weighted by Gasteiger charge is -2.24. The predicted molar refractivity (Wildman–Crippen MR) is 118 cm³/mol. The molecule has 1 saturated heterocycles. The molecule has 3 rings (SSSR count). The van der Waals surface area contributed by atoms with Crippen molar-refractivity contribution >= 4 is 17.4 Å². The Bertz CT molecular complexity index is 972. The number of nitrogens with zero attached hydrogens (tertiary/aromatic N) is 2. The fourth-order valence-corrected chi connectivity index (χ4v) is 3.68. The topological polar surface area (TPSA) is 83.2 Å². The largest absolute Gasteiger partial charge is 0.507 e. The summed E-state index contributed by atoms with van der Waals surface area (Å²) in [4.78, 5) is 29.3. The summed E-state index contributed by atoms with van der Waals surface area (Å²) >= 11 is 0. The van der Waals surface area contributed by atoms with Crippen LogP contribution >= 0.6 is 0 Å². The van der Waals surface area contributed by atoms with Crippen molar-refractivity contribution in [1.29, 1.82) is 0 Å². The number of Topliss-reactive ketones (excluding diaryl/α,β-unsaturated/α-hetero) is 1. The molecular formula is C24H30N2O5. The molecule has 1 N–H and O–H groups in total. The number of rotatable bonds is 8. The highest BCUT2D eigenvalue weighted by atomic mass is 16.5. The first-order valence-corrected chi connectivity index (χ1v) is 10.5. The number of benzene rings is 1. The minimum Gasteiger partial charge on any atom is -0.507 e. The summed E-state index contributed by atoms with van der Waals surface area (Å²) < 4.78 is 11.4. The molecule has 1 aromatic carbocycles. The van der Waals surface area contributed by atoms with Gasteiger partial charge in [-0.25, -0.2) is 0 Å². The molecule has 1 fully saturated rings. The molecule has 31 heavy (non-hydrogen) atoms. The summed E-state index contributed by atoms with van der Waals surface area (Å²) in [5, 5.41) is 11.0. The van der Waals surface area contributed by atoms with Crippen LogP contribution in [-0.4, -0.2) is 59.9 Å². The second kappa shape index (κ2) is 9.39. The highest BCUT2D eigenvalue weighted by molar-refractivity contribution is 6.46. The van der Waals surface area contributed by atoms with Crippen molar-refractivity contribution in [2.45, 2.75) is 39.3 Å². The zero-order chi connectivity index (χ0) is 22.7. The first-order valence-electron chi connectivity index (χ1n) is 10.5. The van der Waals surface area contributed by atoms with Gasteiger partial charge in [0.1, 0.15) is 29.1 Å². The van der Waals surface area contributed by atoms with E-state index in [1.807, 2.05) is 32.8 Å². The van der Waals surface area contributed by atoms with Gasteiger partial charge in [0.2, 0.25) is 0 Å². The normalized spacial score (nSPS) is 18.4. The average molecular weight is 427 g/mol. The van der Waals surface area contributed by atoms with Crippen molar-refractivity contribution < 1.29 is 23.8 Å². The van der Waals surface area contributed by atoms with E-state index >= 15 is 0 Å². The highest BCUT2D eigenvalue weighted by Gasteiger charge is 2.47. The van der Waals surface area contributed by atoms with Crippen LogP contribution in [0.25, 0.3) is 5.76 Å². The summed E-state index contributed by atoms with van der Waals surface area (Å²) in [6, 6.07) is 9.59. The van der Waals surface area contributed by atoms with E-state index in [0.29, 0.717) is 35.8 Å². The molecule has 1 aliphatic heterocycles. The van der Waals surface area contributed by atoms with Crippen LogP contribution in [0.1, 0.15) is 43.4 Å². The minimum absolute atomic E-state index is 0.0223. The molecule has 1 aliphatic rings. The van der Waals surface area contributed by atoms with E-state index in [1.54, 1.807) is 43.3 Å². The number of aryl methyl sites for hydroxylation is 1. The highest BCUT2D eigenvalue weighted by Crippen LogP contribution is 2.40. The molecule has 1 aromatic heterocycles. The van der Waals surface area contributed by atoms with E-state index in [1.165, 1.54) is 4.90 Å². The van der Waals surface area contributed by atoms with Crippen LogP contribution in [0.2, 0.25) is 0 Å². The van der Waals surface area contributed by atoms with Gasteiger partial charge in [0, 0.05) is 12.1 Å². The monoisotopic (exact) mass is 426 g/mol. The molecule has 0 spiro atoms. The quantitative estimate of drug-likeness (QED) is 0.393. The van der Waals surface area contributed by atoms with Gasteiger partial charge in [-0.15, -0.1) is 0 Å². The second-order valence-electron chi connectivity index (χ2n) is 8.29. The molecule has 2 heterocycles.